The molecule has 0 bridgehead atoms. The van der Waals surface area contributed by atoms with Crippen molar-refractivity contribution in [1.29, 1.82) is 0 Å². The van der Waals surface area contributed by atoms with Crippen molar-refractivity contribution in [3.8, 4) is 10.7 Å². The molecule has 3 aromatic heterocycles. The molecule has 0 saturated carbocycles. The standard InChI is InChI=1S/C10H8ClN5S/c1-5-9(17-4-12-5)10-15-14-8-3-7(11)13-6(2)16(8)10/h3-4H,1-2H3. The molecule has 3 aromatic rings. The fourth-order valence-electron chi connectivity index (χ4n) is 1.72. The van der Waals surface area contributed by atoms with Gasteiger partial charge in [-0.25, -0.2) is 9.97 Å². The van der Waals surface area contributed by atoms with Crippen LogP contribution >= 0.6 is 22.9 Å². The van der Waals surface area contributed by atoms with Crippen molar-refractivity contribution in [3.63, 3.8) is 0 Å². The van der Waals surface area contributed by atoms with E-state index in [0.717, 1.165) is 22.2 Å². The molecule has 0 aliphatic carbocycles. The third-order valence-electron chi connectivity index (χ3n) is 2.48. The molecule has 0 amide bonds. The lowest BCUT2D eigenvalue weighted by atomic mass is 10.4. The van der Waals surface area contributed by atoms with Crippen molar-refractivity contribution in [2.24, 2.45) is 0 Å². The number of hydrogen-bond acceptors (Lipinski definition) is 5. The number of halogens is 1. The summed E-state index contributed by atoms with van der Waals surface area (Å²) in [4.78, 5) is 9.43. The zero-order chi connectivity index (χ0) is 12.0. The largest absolute Gasteiger partial charge is 0.262 e. The highest BCUT2D eigenvalue weighted by Crippen LogP contribution is 2.26. The minimum atomic E-state index is 0.426. The lowest BCUT2D eigenvalue weighted by Crippen LogP contribution is -1.97. The Bertz CT molecular complexity index is 702. The van der Waals surface area contributed by atoms with E-state index in [2.05, 4.69) is 20.2 Å². The lowest BCUT2D eigenvalue weighted by Gasteiger charge is -2.02. The van der Waals surface area contributed by atoms with Gasteiger partial charge in [-0.3, -0.25) is 4.40 Å². The van der Waals surface area contributed by atoms with Gasteiger partial charge >= 0.3 is 0 Å². The van der Waals surface area contributed by atoms with E-state index < -0.39 is 0 Å². The molecule has 0 aliphatic heterocycles. The molecule has 0 aromatic carbocycles. The van der Waals surface area contributed by atoms with E-state index in [4.69, 9.17) is 11.6 Å². The number of aryl methyl sites for hydroxylation is 2. The highest BCUT2D eigenvalue weighted by Gasteiger charge is 2.15. The van der Waals surface area contributed by atoms with Gasteiger partial charge in [-0.2, -0.15) is 0 Å². The molecule has 0 saturated heterocycles. The van der Waals surface area contributed by atoms with E-state index in [9.17, 15) is 0 Å². The molecule has 7 heteroatoms. The van der Waals surface area contributed by atoms with E-state index in [-0.39, 0.29) is 0 Å². The number of nitrogens with zero attached hydrogens (tertiary/aromatic N) is 5. The molecule has 3 rings (SSSR count). The molecular weight excluding hydrogens is 258 g/mol. The third-order valence-corrected chi connectivity index (χ3v) is 3.60. The van der Waals surface area contributed by atoms with E-state index in [1.165, 1.54) is 11.3 Å². The highest BCUT2D eigenvalue weighted by molar-refractivity contribution is 7.13. The summed E-state index contributed by atoms with van der Waals surface area (Å²) in [5.74, 6) is 1.53. The van der Waals surface area contributed by atoms with E-state index in [1.54, 1.807) is 11.6 Å². The Kier molecular flexibility index (Phi) is 2.34. The summed E-state index contributed by atoms with van der Waals surface area (Å²) in [6, 6.07) is 1.70. The van der Waals surface area contributed by atoms with Crippen molar-refractivity contribution >= 4 is 28.6 Å². The number of rotatable bonds is 1. The minimum absolute atomic E-state index is 0.426. The van der Waals surface area contributed by atoms with Crippen LogP contribution in [0.4, 0.5) is 0 Å². The molecule has 0 atom stereocenters. The quantitative estimate of drug-likeness (QED) is 0.635. The Morgan fingerprint density at radius 1 is 1.29 bits per heavy atom. The molecule has 3 heterocycles. The van der Waals surface area contributed by atoms with Gasteiger partial charge in [0, 0.05) is 6.07 Å². The van der Waals surface area contributed by atoms with Gasteiger partial charge in [0.2, 0.25) is 0 Å². The smallest absolute Gasteiger partial charge is 0.181 e. The number of hydrogen-bond donors (Lipinski definition) is 0. The third kappa shape index (κ3) is 1.60. The van der Waals surface area contributed by atoms with Gasteiger partial charge in [0.15, 0.2) is 11.5 Å². The minimum Gasteiger partial charge on any atom is -0.262 e. The Labute approximate surface area is 106 Å². The summed E-state index contributed by atoms with van der Waals surface area (Å²) in [5.41, 5.74) is 3.44. The predicted octanol–water partition coefficient (Wildman–Crippen LogP) is 2.52. The van der Waals surface area contributed by atoms with Crippen molar-refractivity contribution < 1.29 is 0 Å². The van der Waals surface area contributed by atoms with Gasteiger partial charge in [0.25, 0.3) is 0 Å². The van der Waals surface area contributed by atoms with Crippen LogP contribution < -0.4 is 0 Å². The topological polar surface area (TPSA) is 56.0 Å². The van der Waals surface area contributed by atoms with Crippen LogP contribution in [0, 0.1) is 13.8 Å². The van der Waals surface area contributed by atoms with Crippen LogP contribution in [-0.4, -0.2) is 24.6 Å². The van der Waals surface area contributed by atoms with Crippen LogP contribution in [0.3, 0.4) is 0 Å². The Morgan fingerprint density at radius 3 is 2.82 bits per heavy atom. The average Bonchev–Trinajstić information content (AvgIpc) is 2.83. The maximum atomic E-state index is 5.89. The van der Waals surface area contributed by atoms with Gasteiger partial charge in [-0.15, -0.1) is 21.5 Å². The molecule has 0 spiro atoms. The zero-order valence-corrected chi connectivity index (χ0v) is 10.7. The van der Waals surface area contributed by atoms with Gasteiger partial charge < -0.3 is 0 Å². The van der Waals surface area contributed by atoms with E-state index in [1.807, 2.05) is 18.2 Å². The first-order valence-corrected chi connectivity index (χ1v) is 6.21. The van der Waals surface area contributed by atoms with Crippen LogP contribution in [0.15, 0.2) is 11.6 Å². The van der Waals surface area contributed by atoms with Crippen molar-refractivity contribution in [3.05, 3.63) is 28.2 Å². The first-order chi connectivity index (χ1) is 8.16. The lowest BCUT2D eigenvalue weighted by molar-refractivity contribution is 0.988. The number of aromatic nitrogens is 5. The maximum absolute atomic E-state index is 5.89. The van der Waals surface area contributed by atoms with Gasteiger partial charge in [-0.05, 0) is 13.8 Å². The van der Waals surface area contributed by atoms with Crippen LogP contribution in [-0.2, 0) is 0 Å². The molecule has 0 fully saturated rings. The molecule has 17 heavy (non-hydrogen) atoms. The highest BCUT2D eigenvalue weighted by atomic mass is 35.5. The van der Waals surface area contributed by atoms with Crippen molar-refractivity contribution in [2.75, 3.05) is 0 Å². The molecular formula is C10H8ClN5S. The Balaban J connectivity index is 2.36. The second-order valence-corrected chi connectivity index (χ2v) is 4.85. The molecule has 0 radical (unpaired) electrons. The summed E-state index contributed by atoms with van der Waals surface area (Å²) < 4.78 is 1.88. The molecule has 5 nitrogen and oxygen atoms in total. The van der Waals surface area contributed by atoms with Crippen LogP contribution in [0.2, 0.25) is 5.15 Å². The van der Waals surface area contributed by atoms with Crippen molar-refractivity contribution in [2.45, 2.75) is 13.8 Å². The number of thiazole rings is 1. The van der Waals surface area contributed by atoms with E-state index in [0.29, 0.717) is 10.8 Å². The summed E-state index contributed by atoms with van der Waals surface area (Å²) in [5, 5.41) is 8.72. The summed E-state index contributed by atoms with van der Waals surface area (Å²) in [7, 11) is 0. The first-order valence-electron chi connectivity index (χ1n) is 4.95. The Morgan fingerprint density at radius 2 is 2.12 bits per heavy atom. The molecule has 0 unspecified atom stereocenters. The first kappa shape index (κ1) is 10.6. The van der Waals surface area contributed by atoms with Gasteiger partial charge in [0.1, 0.15) is 11.0 Å². The maximum Gasteiger partial charge on any atom is 0.181 e. The monoisotopic (exact) mass is 265 g/mol. The predicted molar refractivity (Wildman–Crippen MR) is 66.4 cm³/mol. The summed E-state index contributed by atoms with van der Waals surface area (Å²) in [6.45, 7) is 3.83. The normalized spacial score (nSPS) is 11.2. The summed E-state index contributed by atoms with van der Waals surface area (Å²) in [6.07, 6.45) is 0. The summed E-state index contributed by atoms with van der Waals surface area (Å²) >= 11 is 7.43. The van der Waals surface area contributed by atoms with Crippen LogP contribution in [0.5, 0.6) is 0 Å². The SMILES string of the molecule is Cc1ncsc1-c1nnc2cc(Cl)nc(C)n12. The second kappa shape index (κ2) is 3.75. The fourth-order valence-corrected chi connectivity index (χ4v) is 2.71. The van der Waals surface area contributed by atoms with Gasteiger partial charge in [-0.1, -0.05) is 11.6 Å². The van der Waals surface area contributed by atoms with Crippen LogP contribution in [0.25, 0.3) is 16.3 Å². The fraction of sp³-hybridized carbons (Fsp3) is 0.200. The van der Waals surface area contributed by atoms with Gasteiger partial charge in [0.05, 0.1) is 16.1 Å². The average molecular weight is 266 g/mol. The zero-order valence-electron chi connectivity index (χ0n) is 9.18. The van der Waals surface area contributed by atoms with Crippen molar-refractivity contribution in [1.82, 2.24) is 24.6 Å². The van der Waals surface area contributed by atoms with E-state index >= 15 is 0 Å². The second-order valence-electron chi connectivity index (χ2n) is 3.61. The molecule has 86 valence electrons. The van der Waals surface area contributed by atoms with Crippen LogP contribution in [0.1, 0.15) is 11.5 Å². The molecule has 0 N–H and O–H groups in total. The molecule has 0 aliphatic rings. The number of fused-ring (bicyclic) bond motifs is 1. The Hall–Kier alpha value is -1.53.